The lowest BCUT2D eigenvalue weighted by molar-refractivity contribution is 0.139. The Morgan fingerprint density at radius 3 is 1.29 bits per heavy atom. The third kappa shape index (κ3) is 6.71. The Bertz CT molecular complexity index is 578. The van der Waals surface area contributed by atoms with Crippen molar-refractivity contribution in [2.45, 2.75) is 50.9 Å². The van der Waals surface area contributed by atoms with Crippen LogP contribution in [0.15, 0.2) is 60.7 Å². The Hall–Kier alpha value is -1.72. The third-order valence-electron chi connectivity index (χ3n) is 5.20. The Morgan fingerprint density at radius 2 is 1.00 bits per heavy atom. The van der Waals surface area contributed by atoms with Gasteiger partial charge in [-0.1, -0.05) is 74.5 Å². The highest BCUT2D eigenvalue weighted by Crippen LogP contribution is 2.30. The van der Waals surface area contributed by atoms with Crippen molar-refractivity contribution in [3.05, 3.63) is 71.8 Å². The maximum absolute atomic E-state index is 5.46. The first-order chi connectivity index (χ1) is 13.7. The number of methoxy groups -OCH3 is 2. The molecule has 0 saturated heterocycles. The summed E-state index contributed by atoms with van der Waals surface area (Å²) in [6.07, 6.45) is 2.02. The highest BCUT2D eigenvalue weighted by molar-refractivity contribution is 5.28. The molecule has 0 aliphatic heterocycles. The van der Waals surface area contributed by atoms with E-state index in [1.54, 1.807) is 14.2 Å². The van der Waals surface area contributed by atoms with Crippen LogP contribution in [0.5, 0.6) is 0 Å². The zero-order valence-corrected chi connectivity index (χ0v) is 17.7. The molecule has 0 radical (unpaired) electrons. The summed E-state index contributed by atoms with van der Waals surface area (Å²) in [5, 5.41) is 7.73. The number of hydrogen-bond acceptors (Lipinski definition) is 4. The van der Waals surface area contributed by atoms with Crippen LogP contribution in [0.3, 0.4) is 0 Å². The summed E-state index contributed by atoms with van der Waals surface area (Å²) in [6.45, 7) is 5.78. The van der Waals surface area contributed by atoms with E-state index in [0.717, 1.165) is 12.8 Å². The molecule has 154 valence electrons. The molecule has 0 aliphatic rings. The van der Waals surface area contributed by atoms with Crippen LogP contribution in [-0.4, -0.2) is 39.5 Å². The van der Waals surface area contributed by atoms with Crippen molar-refractivity contribution in [3.8, 4) is 0 Å². The highest BCUT2D eigenvalue weighted by atomic mass is 16.5. The molecule has 0 unspecified atom stereocenters. The largest absolute Gasteiger partial charge is 0.383 e. The quantitative estimate of drug-likeness (QED) is 0.534. The predicted octanol–water partition coefficient (Wildman–Crippen LogP) is 4.50. The smallest absolute Gasteiger partial charge is 0.0615 e. The van der Waals surface area contributed by atoms with E-state index in [4.69, 9.17) is 9.47 Å². The van der Waals surface area contributed by atoms with Crippen LogP contribution < -0.4 is 10.6 Å². The van der Waals surface area contributed by atoms with Gasteiger partial charge in [-0.3, -0.25) is 0 Å². The van der Waals surface area contributed by atoms with E-state index in [9.17, 15) is 0 Å². The van der Waals surface area contributed by atoms with Crippen LogP contribution in [-0.2, 0) is 9.47 Å². The normalized spacial score (nSPS) is 15.7. The molecule has 2 aromatic carbocycles. The van der Waals surface area contributed by atoms with Gasteiger partial charge in [-0.05, 0) is 24.0 Å². The summed E-state index contributed by atoms with van der Waals surface area (Å²) in [5.41, 5.74) is 2.54. The van der Waals surface area contributed by atoms with Gasteiger partial charge < -0.3 is 20.1 Å². The van der Waals surface area contributed by atoms with Crippen LogP contribution in [0.25, 0.3) is 0 Å². The summed E-state index contributed by atoms with van der Waals surface area (Å²) in [4.78, 5) is 0. The fraction of sp³-hybridized carbons (Fsp3) is 0.500. The van der Waals surface area contributed by atoms with E-state index in [2.05, 4.69) is 85.1 Å². The molecule has 0 aromatic heterocycles. The first-order valence-electron chi connectivity index (χ1n) is 10.3. The van der Waals surface area contributed by atoms with Crippen molar-refractivity contribution < 1.29 is 9.47 Å². The lowest BCUT2D eigenvalue weighted by Crippen LogP contribution is -2.45. The molecule has 0 spiro atoms. The fourth-order valence-corrected chi connectivity index (χ4v) is 3.57. The zero-order valence-electron chi connectivity index (χ0n) is 17.7. The molecule has 0 bridgehead atoms. The van der Waals surface area contributed by atoms with Gasteiger partial charge >= 0.3 is 0 Å². The van der Waals surface area contributed by atoms with E-state index in [1.165, 1.54) is 11.1 Å². The molecule has 0 fully saturated rings. The van der Waals surface area contributed by atoms with Crippen LogP contribution in [0.1, 0.15) is 49.9 Å². The Morgan fingerprint density at radius 1 is 0.643 bits per heavy atom. The van der Waals surface area contributed by atoms with E-state index in [0.29, 0.717) is 13.2 Å². The molecule has 4 heteroatoms. The van der Waals surface area contributed by atoms with Gasteiger partial charge in [-0.25, -0.2) is 0 Å². The second-order valence-electron chi connectivity index (χ2n) is 7.23. The Labute approximate surface area is 170 Å². The second-order valence-corrected chi connectivity index (χ2v) is 7.23. The predicted molar refractivity (Wildman–Crippen MR) is 117 cm³/mol. The topological polar surface area (TPSA) is 42.5 Å². The van der Waals surface area contributed by atoms with Crippen molar-refractivity contribution >= 4 is 0 Å². The highest BCUT2D eigenvalue weighted by Gasteiger charge is 2.28. The maximum atomic E-state index is 5.46. The zero-order chi connectivity index (χ0) is 20.2. The monoisotopic (exact) mass is 384 g/mol. The van der Waals surface area contributed by atoms with Gasteiger partial charge in [0.1, 0.15) is 0 Å². The Kier molecular flexibility index (Phi) is 10.2. The number of rotatable bonds is 13. The van der Waals surface area contributed by atoms with Gasteiger partial charge in [0.2, 0.25) is 0 Å². The molecular weight excluding hydrogens is 348 g/mol. The van der Waals surface area contributed by atoms with E-state index < -0.39 is 0 Å². The standard InChI is InChI=1S/C24H36N2O2/c1-5-21(17-27-3)25-23(19-13-9-7-10-14-19)24(20-15-11-8-12-16-20)26-22(6-2)18-28-4/h7-16,21-26H,5-6,17-18H2,1-4H3/t21-,22-,23-,24-/m1/s1. The van der Waals surface area contributed by atoms with E-state index in [1.807, 2.05) is 0 Å². The van der Waals surface area contributed by atoms with Crippen LogP contribution in [0.4, 0.5) is 0 Å². The molecule has 2 aromatic rings. The first-order valence-corrected chi connectivity index (χ1v) is 10.3. The number of hydrogen-bond donors (Lipinski definition) is 2. The van der Waals surface area contributed by atoms with Crippen LogP contribution in [0, 0.1) is 0 Å². The molecule has 0 amide bonds. The minimum atomic E-state index is 0.120. The molecular formula is C24H36N2O2. The number of ether oxygens (including phenoxy) is 2. The summed E-state index contributed by atoms with van der Waals surface area (Å²) in [5.74, 6) is 0. The minimum absolute atomic E-state index is 0.120. The minimum Gasteiger partial charge on any atom is -0.383 e. The van der Waals surface area contributed by atoms with Crippen LogP contribution in [0.2, 0.25) is 0 Å². The van der Waals surface area contributed by atoms with Gasteiger partial charge in [0.15, 0.2) is 0 Å². The summed E-state index contributed by atoms with van der Waals surface area (Å²) in [6, 6.07) is 22.2. The molecule has 0 aliphatic carbocycles. The molecule has 2 N–H and O–H groups in total. The lowest BCUT2D eigenvalue weighted by atomic mass is 9.91. The molecule has 0 saturated carbocycles. The number of nitrogens with one attached hydrogen (secondary N) is 2. The van der Waals surface area contributed by atoms with E-state index in [-0.39, 0.29) is 24.2 Å². The third-order valence-corrected chi connectivity index (χ3v) is 5.20. The van der Waals surface area contributed by atoms with E-state index >= 15 is 0 Å². The van der Waals surface area contributed by atoms with Crippen molar-refractivity contribution in [3.63, 3.8) is 0 Å². The van der Waals surface area contributed by atoms with Crippen molar-refractivity contribution in [1.29, 1.82) is 0 Å². The van der Waals surface area contributed by atoms with Gasteiger partial charge in [-0.15, -0.1) is 0 Å². The fourth-order valence-electron chi connectivity index (χ4n) is 3.57. The molecule has 28 heavy (non-hydrogen) atoms. The summed E-state index contributed by atoms with van der Waals surface area (Å²) < 4.78 is 10.9. The molecule has 4 atom stereocenters. The van der Waals surface area contributed by atoms with Gasteiger partial charge in [0.25, 0.3) is 0 Å². The first kappa shape index (κ1) is 22.6. The Balaban J connectivity index is 2.41. The summed E-state index contributed by atoms with van der Waals surface area (Å²) in [7, 11) is 3.53. The molecule has 0 heterocycles. The molecule has 2 rings (SSSR count). The SMILES string of the molecule is CC[C@H](COC)N[C@H](c1ccccc1)[C@H](N[C@H](CC)COC)c1ccccc1. The summed E-state index contributed by atoms with van der Waals surface area (Å²) >= 11 is 0. The lowest BCUT2D eigenvalue weighted by Gasteiger charge is -2.35. The van der Waals surface area contributed by atoms with Gasteiger partial charge in [-0.2, -0.15) is 0 Å². The second kappa shape index (κ2) is 12.7. The van der Waals surface area contributed by atoms with Gasteiger partial charge in [0, 0.05) is 26.3 Å². The van der Waals surface area contributed by atoms with Crippen molar-refractivity contribution in [1.82, 2.24) is 10.6 Å². The maximum Gasteiger partial charge on any atom is 0.0615 e. The van der Waals surface area contributed by atoms with Crippen LogP contribution >= 0.6 is 0 Å². The van der Waals surface area contributed by atoms with Crippen molar-refractivity contribution in [2.24, 2.45) is 0 Å². The van der Waals surface area contributed by atoms with Crippen molar-refractivity contribution in [2.75, 3.05) is 27.4 Å². The molecule has 4 nitrogen and oxygen atoms in total. The average Bonchev–Trinajstić information content (AvgIpc) is 2.75. The number of benzene rings is 2. The van der Waals surface area contributed by atoms with Gasteiger partial charge in [0.05, 0.1) is 25.3 Å². The average molecular weight is 385 g/mol.